The summed E-state index contributed by atoms with van der Waals surface area (Å²) >= 11 is 37.8. The number of hydrogen-bond acceptors (Lipinski definition) is 3. The highest BCUT2D eigenvalue weighted by Gasteiger charge is 2.20. The lowest BCUT2D eigenvalue weighted by atomic mass is 10.2. The summed E-state index contributed by atoms with van der Waals surface area (Å²) in [4.78, 5) is 13.1. The highest BCUT2D eigenvalue weighted by molar-refractivity contribution is 7.20. The number of carbonyl (C=O) groups excluding carboxylic acids is 1. The number of ketones is 1. The fourth-order valence-electron chi connectivity index (χ4n) is 1.47. The summed E-state index contributed by atoms with van der Waals surface area (Å²) in [7, 11) is 0. The van der Waals surface area contributed by atoms with E-state index in [4.69, 9.17) is 69.6 Å². The molecule has 0 saturated carbocycles. The third-order valence-electron chi connectivity index (χ3n) is 2.44. The van der Waals surface area contributed by atoms with Crippen LogP contribution < -0.4 is 0 Å². The van der Waals surface area contributed by atoms with Gasteiger partial charge in [0.1, 0.15) is 8.67 Å². The van der Waals surface area contributed by atoms with Gasteiger partial charge >= 0.3 is 0 Å². The lowest BCUT2D eigenvalue weighted by Crippen LogP contribution is -1.92. The van der Waals surface area contributed by atoms with Gasteiger partial charge in [-0.15, -0.1) is 22.7 Å². The summed E-state index contributed by atoms with van der Waals surface area (Å²) in [6.45, 7) is 1.73. The Morgan fingerprint density at radius 3 is 1.62 bits per heavy atom. The summed E-state index contributed by atoms with van der Waals surface area (Å²) in [6.07, 6.45) is 1.40. The molecule has 2 rings (SSSR count). The average Bonchev–Trinajstić information content (AvgIpc) is 2.84. The maximum Gasteiger partial charge on any atom is 0.197 e. The zero-order chi connectivity index (χ0) is 15.9. The molecule has 0 saturated heterocycles. The van der Waals surface area contributed by atoms with Gasteiger partial charge in [0.15, 0.2) is 5.78 Å². The van der Waals surface area contributed by atoms with Crippen molar-refractivity contribution in [1.29, 1.82) is 0 Å². The van der Waals surface area contributed by atoms with Crippen LogP contribution in [0.2, 0.25) is 28.8 Å². The van der Waals surface area contributed by atoms with Gasteiger partial charge < -0.3 is 0 Å². The van der Waals surface area contributed by atoms with Crippen molar-refractivity contribution in [1.82, 2.24) is 0 Å². The fraction of sp³-hybridized carbons (Fsp3) is 0.0833. The van der Waals surface area contributed by atoms with Crippen molar-refractivity contribution >= 4 is 104 Å². The van der Waals surface area contributed by atoms with Gasteiger partial charge in [-0.3, -0.25) is 4.79 Å². The lowest BCUT2D eigenvalue weighted by Gasteiger charge is -1.98. The van der Waals surface area contributed by atoms with E-state index in [1.54, 1.807) is 6.92 Å². The number of allylic oxidation sites excluding steroid dienone is 2. The number of rotatable bonds is 3. The summed E-state index contributed by atoms with van der Waals surface area (Å²) in [6, 6.07) is 0. The molecule has 0 N–H and O–H groups in total. The molecule has 0 fully saturated rings. The first-order valence-corrected chi connectivity index (χ1v) is 9.13. The Morgan fingerprint density at radius 2 is 1.24 bits per heavy atom. The molecule has 0 atom stereocenters. The van der Waals surface area contributed by atoms with Crippen LogP contribution in [0, 0.1) is 0 Å². The molecule has 0 radical (unpaired) electrons. The van der Waals surface area contributed by atoms with E-state index in [9.17, 15) is 4.79 Å². The monoisotopic (exact) mass is 438 g/mol. The standard InChI is InChI=1S/C12H4Cl6OS2/c1-3(9-5(13)7(15)11(17)20-9)2-4(19)10-6(14)8(16)12(18)21-10/h2H,1H3. The third kappa shape index (κ3) is 3.56. The van der Waals surface area contributed by atoms with Crippen molar-refractivity contribution < 1.29 is 4.79 Å². The molecule has 2 aromatic heterocycles. The van der Waals surface area contributed by atoms with Crippen molar-refractivity contribution in [3.8, 4) is 0 Å². The smallest absolute Gasteiger partial charge is 0.197 e. The molecule has 2 aromatic rings. The Bertz CT molecular complexity index is 758. The van der Waals surface area contributed by atoms with E-state index in [0.717, 1.165) is 11.3 Å². The molecule has 9 heteroatoms. The molecule has 21 heavy (non-hydrogen) atoms. The quantitative estimate of drug-likeness (QED) is 0.348. The van der Waals surface area contributed by atoms with E-state index >= 15 is 0 Å². The predicted octanol–water partition coefficient (Wildman–Crippen LogP) is 8.02. The van der Waals surface area contributed by atoms with Gasteiger partial charge in [0.05, 0.1) is 29.8 Å². The van der Waals surface area contributed by atoms with Crippen molar-refractivity contribution in [2.24, 2.45) is 0 Å². The van der Waals surface area contributed by atoms with Crippen LogP contribution in [0.1, 0.15) is 21.5 Å². The van der Waals surface area contributed by atoms with Gasteiger partial charge in [-0.05, 0) is 18.6 Å². The Balaban J connectivity index is 2.40. The zero-order valence-electron chi connectivity index (χ0n) is 10.1. The Hall–Kier alpha value is 0.550. The molecule has 0 unspecified atom stereocenters. The highest BCUT2D eigenvalue weighted by atomic mass is 35.5. The molecule has 2 heterocycles. The normalized spacial score (nSPS) is 12.0. The molecule has 0 aliphatic heterocycles. The van der Waals surface area contributed by atoms with Gasteiger partial charge in [0.25, 0.3) is 0 Å². The topological polar surface area (TPSA) is 17.1 Å². The Labute approximate surface area is 159 Å². The number of carbonyl (C=O) groups is 1. The van der Waals surface area contributed by atoms with Crippen molar-refractivity contribution in [2.45, 2.75) is 6.92 Å². The minimum atomic E-state index is -0.312. The SMILES string of the molecule is CC(=CC(=O)c1sc(Cl)c(Cl)c1Cl)c1sc(Cl)c(Cl)c1Cl. The predicted molar refractivity (Wildman–Crippen MR) is 96.7 cm³/mol. The molecule has 1 nitrogen and oxygen atoms in total. The van der Waals surface area contributed by atoms with Gasteiger partial charge in [-0.1, -0.05) is 69.6 Å². The highest BCUT2D eigenvalue weighted by Crippen LogP contribution is 2.44. The van der Waals surface area contributed by atoms with Crippen molar-refractivity contribution in [3.05, 3.63) is 44.6 Å². The van der Waals surface area contributed by atoms with Gasteiger partial charge in [-0.25, -0.2) is 0 Å². The molecule has 0 aliphatic carbocycles. The van der Waals surface area contributed by atoms with Crippen LogP contribution in [-0.4, -0.2) is 5.78 Å². The van der Waals surface area contributed by atoms with Crippen molar-refractivity contribution in [2.75, 3.05) is 0 Å². The number of hydrogen-bond donors (Lipinski definition) is 0. The molecule has 0 amide bonds. The second-order valence-electron chi connectivity index (χ2n) is 3.86. The summed E-state index contributed by atoms with van der Waals surface area (Å²) in [5, 5.41) is 0.923. The summed E-state index contributed by atoms with van der Waals surface area (Å²) in [5.74, 6) is -0.312. The van der Waals surface area contributed by atoms with Crippen LogP contribution in [-0.2, 0) is 0 Å². The van der Waals surface area contributed by atoms with Gasteiger partial charge in [0, 0.05) is 0 Å². The van der Waals surface area contributed by atoms with Gasteiger partial charge in [-0.2, -0.15) is 0 Å². The molecule has 0 aromatic carbocycles. The third-order valence-corrected chi connectivity index (χ3v) is 7.74. The Morgan fingerprint density at radius 1 is 0.810 bits per heavy atom. The minimum absolute atomic E-state index is 0.147. The Kier molecular flexibility index (Phi) is 5.95. The molecule has 112 valence electrons. The maximum absolute atomic E-state index is 12.2. The van der Waals surface area contributed by atoms with E-state index in [2.05, 4.69) is 0 Å². The van der Waals surface area contributed by atoms with Crippen LogP contribution in [0.4, 0.5) is 0 Å². The van der Waals surface area contributed by atoms with Crippen LogP contribution in [0.15, 0.2) is 6.08 Å². The van der Waals surface area contributed by atoms with Crippen LogP contribution in [0.5, 0.6) is 0 Å². The largest absolute Gasteiger partial charge is 0.288 e. The van der Waals surface area contributed by atoms with Gasteiger partial charge in [0.2, 0.25) is 0 Å². The average molecular weight is 441 g/mol. The molecular formula is C12H4Cl6OS2. The fourth-order valence-corrected chi connectivity index (χ4v) is 5.03. The maximum atomic E-state index is 12.2. The van der Waals surface area contributed by atoms with Crippen LogP contribution in [0.3, 0.4) is 0 Å². The van der Waals surface area contributed by atoms with E-state index in [0.29, 0.717) is 19.8 Å². The first-order valence-electron chi connectivity index (χ1n) is 5.23. The van der Waals surface area contributed by atoms with E-state index in [-0.39, 0.29) is 30.1 Å². The van der Waals surface area contributed by atoms with E-state index in [1.807, 2.05) is 0 Å². The second kappa shape index (κ2) is 6.98. The molecular weight excluding hydrogens is 437 g/mol. The van der Waals surface area contributed by atoms with Crippen LogP contribution >= 0.6 is 92.3 Å². The molecule has 0 bridgehead atoms. The first-order chi connectivity index (χ1) is 9.73. The lowest BCUT2D eigenvalue weighted by molar-refractivity contribution is 0.105. The number of halogens is 6. The summed E-state index contributed by atoms with van der Waals surface area (Å²) in [5.41, 5.74) is 0.625. The zero-order valence-corrected chi connectivity index (χ0v) is 16.2. The summed E-state index contributed by atoms with van der Waals surface area (Å²) < 4.78 is 0.647. The van der Waals surface area contributed by atoms with Crippen LogP contribution in [0.25, 0.3) is 5.57 Å². The van der Waals surface area contributed by atoms with Crippen molar-refractivity contribution in [3.63, 3.8) is 0 Å². The molecule has 0 spiro atoms. The minimum Gasteiger partial charge on any atom is -0.288 e. The molecule has 0 aliphatic rings. The number of thiophene rings is 2. The first kappa shape index (κ1) is 17.9. The van der Waals surface area contributed by atoms with E-state index < -0.39 is 0 Å². The van der Waals surface area contributed by atoms with E-state index in [1.165, 1.54) is 17.4 Å². The second-order valence-corrected chi connectivity index (χ2v) is 8.61.